The molecule has 3 heteroatoms. The largest absolute Gasteiger partial charge is 0.289 e. The minimum absolute atomic E-state index is 0.0297. The molecule has 2 aromatic carbocycles. The number of rotatable bonds is 3. The number of carbonyl (C=O) groups is 1. The van der Waals surface area contributed by atoms with Gasteiger partial charge in [-0.2, -0.15) is 0 Å². The Balaban J connectivity index is 2.40. The molecule has 0 spiro atoms. The molecule has 0 atom stereocenters. The second-order valence-corrected chi connectivity index (χ2v) is 4.33. The fourth-order valence-corrected chi connectivity index (χ4v) is 1.97. The third-order valence-electron chi connectivity index (χ3n) is 2.51. The first-order valence-electron chi connectivity index (χ1n) is 5.16. The summed E-state index contributed by atoms with van der Waals surface area (Å²) in [5.74, 6) is 0.299. The van der Waals surface area contributed by atoms with Crippen LogP contribution in [-0.2, 0) is 5.88 Å². The molecule has 0 N–H and O–H groups in total. The molecule has 0 aromatic heterocycles. The van der Waals surface area contributed by atoms with Gasteiger partial charge in [-0.1, -0.05) is 35.9 Å². The quantitative estimate of drug-likeness (QED) is 0.597. The molecule has 0 saturated heterocycles. The lowest BCUT2D eigenvalue weighted by molar-refractivity contribution is 0.103. The molecule has 17 heavy (non-hydrogen) atoms. The predicted molar refractivity (Wildman–Crippen MR) is 70.9 cm³/mol. The van der Waals surface area contributed by atoms with E-state index in [1.807, 2.05) is 18.2 Å². The normalized spacial score (nSPS) is 10.2. The summed E-state index contributed by atoms with van der Waals surface area (Å²) in [5.41, 5.74) is 2.10. The molecule has 0 radical (unpaired) electrons. The van der Waals surface area contributed by atoms with Crippen LogP contribution in [0.25, 0.3) is 0 Å². The second kappa shape index (κ2) is 5.35. The number of halogens is 2. The molecule has 0 saturated carbocycles. The topological polar surface area (TPSA) is 17.1 Å². The van der Waals surface area contributed by atoms with Gasteiger partial charge in [0.1, 0.15) is 0 Å². The van der Waals surface area contributed by atoms with Crippen LogP contribution in [0.1, 0.15) is 21.5 Å². The standard InChI is InChI=1S/C14H10Cl2O/c15-9-11-3-1-2-4-13(11)14(17)10-5-7-12(16)8-6-10/h1-8H,9H2. The number of hydrogen-bond donors (Lipinski definition) is 0. The fourth-order valence-electron chi connectivity index (χ4n) is 1.62. The van der Waals surface area contributed by atoms with Crippen molar-refractivity contribution in [3.63, 3.8) is 0 Å². The molecule has 1 nitrogen and oxygen atoms in total. The number of benzene rings is 2. The minimum Gasteiger partial charge on any atom is -0.289 e. The Morgan fingerprint density at radius 3 is 2.29 bits per heavy atom. The number of carbonyl (C=O) groups excluding carboxylic acids is 1. The van der Waals surface area contributed by atoms with Gasteiger partial charge in [-0.05, 0) is 29.8 Å². The third-order valence-corrected chi connectivity index (χ3v) is 3.05. The lowest BCUT2D eigenvalue weighted by Crippen LogP contribution is -2.04. The summed E-state index contributed by atoms with van der Waals surface area (Å²) in [6.07, 6.45) is 0. The van der Waals surface area contributed by atoms with Crippen molar-refractivity contribution in [2.75, 3.05) is 0 Å². The highest BCUT2D eigenvalue weighted by atomic mass is 35.5. The Morgan fingerprint density at radius 1 is 1.00 bits per heavy atom. The van der Waals surface area contributed by atoms with E-state index in [-0.39, 0.29) is 5.78 Å². The van der Waals surface area contributed by atoms with Gasteiger partial charge in [-0.3, -0.25) is 4.79 Å². The monoisotopic (exact) mass is 264 g/mol. The number of alkyl halides is 1. The van der Waals surface area contributed by atoms with E-state index in [9.17, 15) is 4.79 Å². The van der Waals surface area contributed by atoms with Crippen molar-refractivity contribution in [3.8, 4) is 0 Å². The average Bonchev–Trinajstić information content (AvgIpc) is 2.39. The van der Waals surface area contributed by atoms with Gasteiger partial charge in [0.15, 0.2) is 5.78 Å². The smallest absolute Gasteiger partial charge is 0.193 e. The van der Waals surface area contributed by atoms with Gasteiger partial charge in [0.25, 0.3) is 0 Å². The van der Waals surface area contributed by atoms with Crippen LogP contribution in [0.15, 0.2) is 48.5 Å². The van der Waals surface area contributed by atoms with Crippen LogP contribution in [0.2, 0.25) is 5.02 Å². The lowest BCUT2D eigenvalue weighted by Gasteiger charge is -2.05. The summed E-state index contributed by atoms with van der Waals surface area (Å²) in [6, 6.07) is 14.2. The maximum Gasteiger partial charge on any atom is 0.193 e. The van der Waals surface area contributed by atoms with Crippen molar-refractivity contribution in [1.29, 1.82) is 0 Å². The molecule has 2 rings (SSSR count). The van der Waals surface area contributed by atoms with E-state index in [0.717, 1.165) is 5.56 Å². The molecular formula is C14H10Cl2O. The van der Waals surface area contributed by atoms with Crippen LogP contribution >= 0.6 is 23.2 Å². The molecule has 0 bridgehead atoms. The second-order valence-electron chi connectivity index (χ2n) is 3.63. The predicted octanol–water partition coefficient (Wildman–Crippen LogP) is 4.31. The molecule has 0 aliphatic heterocycles. The zero-order chi connectivity index (χ0) is 12.3. The zero-order valence-electron chi connectivity index (χ0n) is 8.99. The van der Waals surface area contributed by atoms with Gasteiger partial charge in [0.2, 0.25) is 0 Å². The molecule has 0 fully saturated rings. The van der Waals surface area contributed by atoms with Gasteiger partial charge >= 0.3 is 0 Å². The van der Waals surface area contributed by atoms with Crippen LogP contribution < -0.4 is 0 Å². The number of hydrogen-bond acceptors (Lipinski definition) is 1. The SMILES string of the molecule is O=C(c1ccc(Cl)cc1)c1ccccc1CCl. The zero-order valence-corrected chi connectivity index (χ0v) is 10.5. The molecule has 0 heterocycles. The fraction of sp³-hybridized carbons (Fsp3) is 0.0714. The summed E-state index contributed by atoms with van der Waals surface area (Å²) in [7, 11) is 0. The van der Waals surface area contributed by atoms with E-state index < -0.39 is 0 Å². The van der Waals surface area contributed by atoms with Crippen LogP contribution in [0.5, 0.6) is 0 Å². The van der Waals surface area contributed by atoms with Gasteiger partial charge in [0.05, 0.1) is 0 Å². The summed E-state index contributed by atoms with van der Waals surface area (Å²) in [4.78, 5) is 12.2. The van der Waals surface area contributed by atoms with Crippen LogP contribution in [0.3, 0.4) is 0 Å². The maximum absolute atomic E-state index is 12.2. The van der Waals surface area contributed by atoms with E-state index in [4.69, 9.17) is 23.2 Å². The summed E-state index contributed by atoms with van der Waals surface area (Å²) in [5, 5.41) is 0.618. The molecule has 0 aliphatic rings. The van der Waals surface area contributed by atoms with E-state index in [0.29, 0.717) is 22.0 Å². The maximum atomic E-state index is 12.2. The Kier molecular flexibility index (Phi) is 3.82. The van der Waals surface area contributed by atoms with Crippen LogP contribution in [-0.4, -0.2) is 5.78 Å². The first-order chi connectivity index (χ1) is 8.22. The molecule has 0 aliphatic carbocycles. The molecule has 2 aromatic rings. The van der Waals surface area contributed by atoms with E-state index in [1.165, 1.54) is 0 Å². The van der Waals surface area contributed by atoms with E-state index >= 15 is 0 Å². The number of ketones is 1. The summed E-state index contributed by atoms with van der Waals surface area (Å²) in [6.45, 7) is 0. The molecule has 0 unspecified atom stereocenters. The Labute approximate surface area is 110 Å². The van der Waals surface area contributed by atoms with Crippen molar-refractivity contribution in [1.82, 2.24) is 0 Å². The highest BCUT2D eigenvalue weighted by Gasteiger charge is 2.12. The van der Waals surface area contributed by atoms with E-state index in [1.54, 1.807) is 30.3 Å². The first kappa shape index (κ1) is 12.2. The van der Waals surface area contributed by atoms with Crippen LogP contribution in [0, 0.1) is 0 Å². The summed E-state index contributed by atoms with van der Waals surface area (Å²) < 4.78 is 0. The lowest BCUT2D eigenvalue weighted by atomic mass is 9.99. The van der Waals surface area contributed by atoms with Crippen LogP contribution in [0.4, 0.5) is 0 Å². The van der Waals surface area contributed by atoms with Gasteiger partial charge in [-0.15, -0.1) is 11.6 Å². The van der Waals surface area contributed by atoms with E-state index in [2.05, 4.69) is 0 Å². The Hall–Kier alpha value is -1.31. The molecule has 0 amide bonds. The van der Waals surface area contributed by atoms with Crippen molar-refractivity contribution < 1.29 is 4.79 Å². The van der Waals surface area contributed by atoms with Gasteiger partial charge in [0, 0.05) is 22.0 Å². The van der Waals surface area contributed by atoms with Gasteiger partial charge in [-0.25, -0.2) is 0 Å². The van der Waals surface area contributed by atoms with Crippen molar-refractivity contribution in [2.45, 2.75) is 5.88 Å². The Bertz CT molecular complexity index is 532. The first-order valence-corrected chi connectivity index (χ1v) is 6.08. The summed E-state index contributed by atoms with van der Waals surface area (Å²) >= 11 is 11.6. The van der Waals surface area contributed by atoms with Crippen molar-refractivity contribution >= 4 is 29.0 Å². The molecular weight excluding hydrogens is 255 g/mol. The van der Waals surface area contributed by atoms with Crippen molar-refractivity contribution in [3.05, 3.63) is 70.2 Å². The average molecular weight is 265 g/mol. The Morgan fingerprint density at radius 2 is 1.65 bits per heavy atom. The highest BCUT2D eigenvalue weighted by Crippen LogP contribution is 2.18. The minimum atomic E-state index is -0.0297. The highest BCUT2D eigenvalue weighted by molar-refractivity contribution is 6.30. The van der Waals surface area contributed by atoms with Crippen molar-refractivity contribution in [2.24, 2.45) is 0 Å². The van der Waals surface area contributed by atoms with Gasteiger partial charge < -0.3 is 0 Å². The third kappa shape index (κ3) is 2.68. The molecule has 86 valence electrons.